The number of nitrogens with one attached hydrogen (secondary N) is 3. The number of urea groups is 1. The first-order chi connectivity index (χ1) is 9.15. The molecule has 0 saturated carbocycles. The molecule has 2 amide bonds. The van der Waals surface area contributed by atoms with Crippen LogP contribution in [0.3, 0.4) is 0 Å². The molecule has 1 aliphatic rings. The molecule has 0 atom stereocenters. The van der Waals surface area contributed by atoms with Crippen molar-refractivity contribution in [2.45, 2.75) is 18.9 Å². The summed E-state index contributed by atoms with van der Waals surface area (Å²) in [5, 5.41) is 19.3. The van der Waals surface area contributed by atoms with Gasteiger partial charge in [-0.1, -0.05) is 0 Å². The summed E-state index contributed by atoms with van der Waals surface area (Å²) < 4.78 is 0. The minimum Gasteiger partial charge on any atom is -0.335 e. The van der Waals surface area contributed by atoms with Gasteiger partial charge in [0.25, 0.3) is 5.69 Å². The number of piperidine rings is 1. The third kappa shape index (κ3) is 3.92. The summed E-state index contributed by atoms with van der Waals surface area (Å²) in [5.41, 5.74) is 0.543. The fourth-order valence-corrected chi connectivity index (χ4v) is 1.99. The first-order valence-corrected chi connectivity index (χ1v) is 6.18. The number of non-ortho nitro benzene ring substituents is 1. The van der Waals surface area contributed by atoms with E-state index in [1.165, 1.54) is 24.3 Å². The first kappa shape index (κ1) is 13.3. The summed E-state index contributed by atoms with van der Waals surface area (Å²) >= 11 is 0. The van der Waals surface area contributed by atoms with Crippen molar-refractivity contribution < 1.29 is 9.72 Å². The SMILES string of the molecule is O=C(Nc1ccc([N+](=O)[O-])cc1)NC1CCNCC1. The third-order valence-electron chi connectivity index (χ3n) is 3.01. The Balaban J connectivity index is 1.85. The zero-order valence-corrected chi connectivity index (χ0v) is 10.4. The summed E-state index contributed by atoms with van der Waals surface area (Å²) in [6, 6.07) is 5.65. The third-order valence-corrected chi connectivity index (χ3v) is 3.01. The van der Waals surface area contributed by atoms with Gasteiger partial charge in [0.1, 0.15) is 0 Å². The molecule has 1 saturated heterocycles. The maximum Gasteiger partial charge on any atom is 0.319 e. The smallest absolute Gasteiger partial charge is 0.319 e. The maximum atomic E-state index is 11.7. The molecule has 1 aromatic rings. The van der Waals surface area contributed by atoms with Crippen molar-refractivity contribution in [1.82, 2.24) is 10.6 Å². The van der Waals surface area contributed by atoms with E-state index >= 15 is 0 Å². The second kappa shape index (κ2) is 6.14. The molecule has 0 spiro atoms. The number of anilines is 1. The number of amides is 2. The minimum absolute atomic E-state index is 0.00399. The summed E-state index contributed by atoms with van der Waals surface area (Å²) in [5.74, 6) is 0. The molecule has 1 heterocycles. The summed E-state index contributed by atoms with van der Waals surface area (Å²) in [6.45, 7) is 1.81. The Morgan fingerprint density at radius 3 is 2.47 bits per heavy atom. The summed E-state index contributed by atoms with van der Waals surface area (Å²) in [6.07, 6.45) is 1.82. The van der Waals surface area contributed by atoms with E-state index in [9.17, 15) is 14.9 Å². The second-order valence-corrected chi connectivity index (χ2v) is 4.43. The average molecular weight is 264 g/mol. The second-order valence-electron chi connectivity index (χ2n) is 4.43. The van der Waals surface area contributed by atoms with E-state index in [1.807, 2.05) is 0 Å². The van der Waals surface area contributed by atoms with Crippen LogP contribution < -0.4 is 16.0 Å². The van der Waals surface area contributed by atoms with Crippen molar-refractivity contribution in [3.63, 3.8) is 0 Å². The van der Waals surface area contributed by atoms with Gasteiger partial charge < -0.3 is 16.0 Å². The number of carbonyl (C=O) groups is 1. The van der Waals surface area contributed by atoms with Gasteiger partial charge in [-0.25, -0.2) is 4.79 Å². The van der Waals surface area contributed by atoms with Crippen molar-refractivity contribution in [2.24, 2.45) is 0 Å². The van der Waals surface area contributed by atoms with Crippen molar-refractivity contribution in [2.75, 3.05) is 18.4 Å². The Bertz CT molecular complexity index is 455. The molecule has 1 fully saturated rings. The van der Waals surface area contributed by atoms with Crippen LogP contribution in [-0.4, -0.2) is 30.1 Å². The molecule has 19 heavy (non-hydrogen) atoms. The number of rotatable bonds is 3. The van der Waals surface area contributed by atoms with Gasteiger partial charge >= 0.3 is 6.03 Å². The van der Waals surface area contributed by atoms with Gasteiger partial charge in [-0.05, 0) is 38.1 Å². The van der Waals surface area contributed by atoms with E-state index in [4.69, 9.17) is 0 Å². The number of nitro benzene ring substituents is 1. The minimum atomic E-state index is -0.473. The monoisotopic (exact) mass is 264 g/mol. The van der Waals surface area contributed by atoms with Crippen LogP contribution in [0.5, 0.6) is 0 Å². The molecule has 7 nitrogen and oxygen atoms in total. The van der Waals surface area contributed by atoms with Crippen LogP contribution in [0, 0.1) is 10.1 Å². The predicted octanol–water partition coefficient (Wildman–Crippen LogP) is 1.47. The van der Waals surface area contributed by atoms with Gasteiger partial charge in [0.2, 0.25) is 0 Å². The number of carbonyl (C=O) groups excluding carboxylic acids is 1. The molecule has 2 rings (SSSR count). The van der Waals surface area contributed by atoms with Crippen LogP contribution in [0.2, 0.25) is 0 Å². The van der Waals surface area contributed by atoms with E-state index in [1.54, 1.807) is 0 Å². The van der Waals surface area contributed by atoms with Crippen molar-refractivity contribution in [3.05, 3.63) is 34.4 Å². The zero-order chi connectivity index (χ0) is 13.7. The normalized spacial score (nSPS) is 15.8. The lowest BCUT2D eigenvalue weighted by molar-refractivity contribution is -0.384. The highest BCUT2D eigenvalue weighted by Gasteiger charge is 2.15. The Morgan fingerprint density at radius 1 is 1.26 bits per heavy atom. The van der Waals surface area contributed by atoms with Gasteiger partial charge in [-0.15, -0.1) is 0 Å². The van der Waals surface area contributed by atoms with Crippen molar-refractivity contribution in [1.29, 1.82) is 0 Å². The largest absolute Gasteiger partial charge is 0.335 e. The molecule has 7 heteroatoms. The van der Waals surface area contributed by atoms with Crippen LogP contribution in [0.25, 0.3) is 0 Å². The van der Waals surface area contributed by atoms with Gasteiger partial charge in [-0.3, -0.25) is 10.1 Å². The molecule has 0 aromatic heterocycles. The fourth-order valence-electron chi connectivity index (χ4n) is 1.99. The van der Waals surface area contributed by atoms with E-state index in [0.29, 0.717) is 5.69 Å². The molecule has 0 aliphatic carbocycles. The summed E-state index contributed by atoms with van der Waals surface area (Å²) in [7, 11) is 0. The Labute approximate surface area is 110 Å². The molecule has 0 radical (unpaired) electrons. The molecular weight excluding hydrogens is 248 g/mol. The van der Waals surface area contributed by atoms with Crippen LogP contribution >= 0.6 is 0 Å². The predicted molar refractivity (Wildman–Crippen MR) is 71.1 cm³/mol. The molecule has 0 unspecified atom stereocenters. The number of benzene rings is 1. The Morgan fingerprint density at radius 2 is 1.89 bits per heavy atom. The van der Waals surface area contributed by atoms with Gasteiger partial charge in [-0.2, -0.15) is 0 Å². The van der Waals surface area contributed by atoms with Crippen LogP contribution in [0.15, 0.2) is 24.3 Å². The highest BCUT2D eigenvalue weighted by molar-refractivity contribution is 5.89. The lowest BCUT2D eigenvalue weighted by atomic mass is 10.1. The average Bonchev–Trinajstić information content (AvgIpc) is 2.40. The first-order valence-electron chi connectivity index (χ1n) is 6.18. The molecule has 1 aromatic carbocycles. The molecule has 1 aliphatic heterocycles. The highest BCUT2D eigenvalue weighted by Crippen LogP contribution is 2.15. The highest BCUT2D eigenvalue weighted by atomic mass is 16.6. The zero-order valence-electron chi connectivity index (χ0n) is 10.4. The Hall–Kier alpha value is -2.15. The molecule has 102 valence electrons. The topological polar surface area (TPSA) is 96.3 Å². The number of nitro groups is 1. The van der Waals surface area contributed by atoms with Crippen LogP contribution in [-0.2, 0) is 0 Å². The number of hydrogen-bond acceptors (Lipinski definition) is 4. The maximum absolute atomic E-state index is 11.7. The van der Waals surface area contributed by atoms with Crippen molar-refractivity contribution in [3.8, 4) is 0 Å². The number of nitrogens with zero attached hydrogens (tertiary/aromatic N) is 1. The van der Waals surface area contributed by atoms with Crippen LogP contribution in [0.1, 0.15) is 12.8 Å². The van der Waals surface area contributed by atoms with Gasteiger partial charge in [0.05, 0.1) is 4.92 Å². The van der Waals surface area contributed by atoms with E-state index in [2.05, 4.69) is 16.0 Å². The quantitative estimate of drug-likeness (QED) is 0.569. The van der Waals surface area contributed by atoms with Crippen molar-refractivity contribution >= 4 is 17.4 Å². The van der Waals surface area contributed by atoms with Crippen LogP contribution in [0.4, 0.5) is 16.2 Å². The van der Waals surface area contributed by atoms with E-state index in [-0.39, 0.29) is 17.8 Å². The van der Waals surface area contributed by atoms with E-state index < -0.39 is 4.92 Å². The summed E-state index contributed by atoms with van der Waals surface area (Å²) in [4.78, 5) is 21.7. The standard InChI is InChI=1S/C12H16N4O3/c17-12(15-10-5-7-13-8-6-10)14-9-1-3-11(4-2-9)16(18)19/h1-4,10,13H,5-8H2,(H2,14,15,17). The molecular formula is C12H16N4O3. The fraction of sp³-hybridized carbons (Fsp3) is 0.417. The lowest BCUT2D eigenvalue weighted by Crippen LogP contribution is -2.44. The number of hydrogen-bond donors (Lipinski definition) is 3. The lowest BCUT2D eigenvalue weighted by Gasteiger charge is -2.23. The molecule has 0 bridgehead atoms. The van der Waals surface area contributed by atoms with Gasteiger partial charge in [0, 0.05) is 23.9 Å². The van der Waals surface area contributed by atoms with E-state index in [0.717, 1.165) is 25.9 Å². The van der Waals surface area contributed by atoms with Gasteiger partial charge in [0.15, 0.2) is 0 Å². The molecule has 3 N–H and O–H groups in total. The Kier molecular flexibility index (Phi) is 4.30.